The molecule has 1 aliphatic rings. The average Bonchev–Trinajstić information content (AvgIpc) is 2.25. The maximum atomic E-state index is 8.75. The van der Waals surface area contributed by atoms with E-state index in [-0.39, 0.29) is 12.6 Å². The van der Waals surface area contributed by atoms with Crippen LogP contribution in [0.25, 0.3) is 0 Å². The van der Waals surface area contributed by atoms with Crippen molar-refractivity contribution in [2.24, 2.45) is 0 Å². The highest BCUT2D eigenvalue weighted by molar-refractivity contribution is 6.30. The standard InChI is InChI=1S/C11H14ClNO2/c12-8-3-4-11-10(6-8)13-9(7-15-11)2-1-5-14/h3-4,6,9,13-14H,1-2,5,7H2. The van der Waals surface area contributed by atoms with Gasteiger partial charge in [-0.25, -0.2) is 0 Å². The smallest absolute Gasteiger partial charge is 0.142 e. The van der Waals surface area contributed by atoms with E-state index < -0.39 is 0 Å². The van der Waals surface area contributed by atoms with E-state index in [0.29, 0.717) is 11.6 Å². The first-order valence-electron chi connectivity index (χ1n) is 5.09. The molecule has 2 rings (SSSR count). The van der Waals surface area contributed by atoms with Crippen molar-refractivity contribution in [2.45, 2.75) is 18.9 Å². The second kappa shape index (κ2) is 4.73. The van der Waals surface area contributed by atoms with E-state index in [9.17, 15) is 0 Å². The van der Waals surface area contributed by atoms with Gasteiger partial charge in [-0.05, 0) is 31.0 Å². The summed E-state index contributed by atoms with van der Waals surface area (Å²) in [4.78, 5) is 0. The minimum absolute atomic E-state index is 0.223. The van der Waals surface area contributed by atoms with Crippen LogP contribution < -0.4 is 10.1 Å². The Morgan fingerprint density at radius 3 is 3.20 bits per heavy atom. The van der Waals surface area contributed by atoms with Crippen molar-refractivity contribution in [1.29, 1.82) is 0 Å². The third kappa shape index (κ3) is 2.55. The van der Waals surface area contributed by atoms with Crippen LogP contribution in [0.4, 0.5) is 5.69 Å². The molecule has 4 heteroatoms. The van der Waals surface area contributed by atoms with Crippen molar-refractivity contribution >= 4 is 17.3 Å². The molecule has 0 saturated carbocycles. The van der Waals surface area contributed by atoms with Crippen molar-refractivity contribution < 1.29 is 9.84 Å². The molecule has 1 unspecified atom stereocenters. The Hall–Kier alpha value is -0.930. The van der Waals surface area contributed by atoms with Gasteiger partial charge in [-0.1, -0.05) is 11.6 Å². The van der Waals surface area contributed by atoms with Crippen LogP contribution in [0.15, 0.2) is 18.2 Å². The van der Waals surface area contributed by atoms with Gasteiger partial charge >= 0.3 is 0 Å². The predicted molar refractivity (Wildman–Crippen MR) is 60.7 cm³/mol. The number of halogens is 1. The monoisotopic (exact) mass is 227 g/mol. The fraction of sp³-hybridized carbons (Fsp3) is 0.455. The Bertz CT molecular complexity index is 343. The maximum absolute atomic E-state index is 8.75. The number of nitrogens with one attached hydrogen (secondary N) is 1. The molecule has 1 heterocycles. The van der Waals surface area contributed by atoms with Crippen LogP contribution in [0, 0.1) is 0 Å². The molecule has 2 N–H and O–H groups in total. The number of rotatable bonds is 3. The lowest BCUT2D eigenvalue weighted by Crippen LogP contribution is -2.31. The van der Waals surface area contributed by atoms with Gasteiger partial charge in [0.25, 0.3) is 0 Å². The van der Waals surface area contributed by atoms with Gasteiger partial charge in [0, 0.05) is 11.6 Å². The largest absolute Gasteiger partial charge is 0.489 e. The van der Waals surface area contributed by atoms with Gasteiger partial charge in [-0.15, -0.1) is 0 Å². The summed E-state index contributed by atoms with van der Waals surface area (Å²) in [7, 11) is 0. The minimum Gasteiger partial charge on any atom is -0.489 e. The third-order valence-electron chi connectivity index (χ3n) is 2.45. The minimum atomic E-state index is 0.223. The first kappa shape index (κ1) is 10.6. The summed E-state index contributed by atoms with van der Waals surface area (Å²) in [6.07, 6.45) is 1.69. The molecule has 1 aromatic rings. The molecule has 0 fully saturated rings. The quantitative estimate of drug-likeness (QED) is 0.833. The molecule has 0 aromatic heterocycles. The number of aliphatic hydroxyl groups excluding tert-OH is 1. The Labute approximate surface area is 94.0 Å². The average molecular weight is 228 g/mol. The number of aliphatic hydroxyl groups is 1. The zero-order valence-electron chi connectivity index (χ0n) is 8.37. The highest BCUT2D eigenvalue weighted by Gasteiger charge is 2.18. The first-order valence-corrected chi connectivity index (χ1v) is 5.47. The topological polar surface area (TPSA) is 41.5 Å². The molecule has 0 radical (unpaired) electrons. The molecule has 82 valence electrons. The Morgan fingerprint density at radius 1 is 1.53 bits per heavy atom. The fourth-order valence-electron chi connectivity index (χ4n) is 1.69. The van der Waals surface area contributed by atoms with E-state index in [0.717, 1.165) is 24.3 Å². The molecule has 15 heavy (non-hydrogen) atoms. The lowest BCUT2D eigenvalue weighted by atomic mass is 10.1. The lowest BCUT2D eigenvalue weighted by Gasteiger charge is -2.27. The molecule has 0 aliphatic carbocycles. The second-order valence-corrected chi connectivity index (χ2v) is 4.10. The SMILES string of the molecule is OCCCC1COc2ccc(Cl)cc2N1. The van der Waals surface area contributed by atoms with Crippen LogP contribution >= 0.6 is 11.6 Å². The van der Waals surface area contributed by atoms with Gasteiger partial charge < -0.3 is 15.2 Å². The molecule has 0 amide bonds. The number of fused-ring (bicyclic) bond motifs is 1. The highest BCUT2D eigenvalue weighted by Crippen LogP contribution is 2.32. The summed E-state index contributed by atoms with van der Waals surface area (Å²) >= 11 is 5.89. The van der Waals surface area contributed by atoms with Crippen LogP contribution in [0.5, 0.6) is 5.75 Å². The van der Waals surface area contributed by atoms with Gasteiger partial charge in [0.2, 0.25) is 0 Å². The van der Waals surface area contributed by atoms with Crippen molar-refractivity contribution in [2.75, 3.05) is 18.5 Å². The van der Waals surface area contributed by atoms with E-state index in [1.54, 1.807) is 0 Å². The summed E-state index contributed by atoms with van der Waals surface area (Å²) in [6, 6.07) is 5.81. The third-order valence-corrected chi connectivity index (χ3v) is 2.69. The first-order chi connectivity index (χ1) is 7.29. The van der Waals surface area contributed by atoms with Gasteiger partial charge in [0.1, 0.15) is 12.4 Å². The highest BCUT2D eigenvalue weighted by atomic mass is 35.5. The normalized spacial score (nSPS) is 18.9. The molecule has 1 aromatic carbocycles. The van der Waals surface area contributed by atoms with E-state index >= 15 is 0 Å². The van der Waals surface area contributed by atoms with Crippen LogP contribution in [0.2, 0.25) is 5.02 Å². The molecule has 0 spiro atoms. The summed E-state index contributed by atoms with van der Waals surface area (Å²) in [5, 5.41) is 12.8. The molecule has 1 aliphatic heterocycles. The van der Waals surface area contributed by atoms with Crippen LogP contribution in [0.3, 0.4) is 0 Å². The van der Waals surface area contributed by atoms with E-state index in [4.69, 9.17) is 21.4 Å². The fourth-order valence-corrected chi connectivity index (χ4v) is 1.86. The Kier molecular flexibility index (Phi) is 3.34. The molecule has 1 atom stereocenters. The van der Waals surface area contributed by atoms with Gasteiger partial charge in [-0.2, -0.15) is 0 Å². The number of ether oxygens (including phenoxy) is 1. The molecular weight excluding hydrogens is 214 g/mol. The Morgan fingerprint density at radius 2 is 2.40 bits per heavy atom. The summed E-state index contributed by atoms with van der Waals surface area (Å²) in [5.74, 6) is 0.847. The zero-order valence-corrected chi connectivity index (χ0v) is 9.13. The van der Waals surface area contributed by atoms with Crippen molar-refractivity contribution in [3.8, 4) is 5.75 Å². The number of anilines is 1. The molecule has 0 bridgehead atoms. The van der Waals surface area contributed by atoms with E-state index in [1.807, 2.05) is 18.2 Å². The van der Waals surface area contributed by atoms with Crippen molar-refractivity contribution in [3.05, 3.63) is 23.2 Å². The van der Waals surface area contributed by atoms with E-state index in [1.165, 1.54) is 0 Å². The summed E-state index contributed by atoms with van der Waals surface area (Å²) in [5.41, 5.74) is 0.941. The van der Waals surface area contributed by atoms with Crippen molar-refractivity contribution in [1.82, 2.24) is 0 Å². The number of hydrogen-bond acceptors (Lipinski definition) is 3. The van der Waals surface area contributed by atoms with Crippen molar-refractivity contribution in [3.63, 3.8) is 0 Å². The van der Waals surface area contributed by atoms with Gasteiger partial charge in [0.15, 0.2) is 0 Å². The Balaban J connectivity index is 2.05. The van der Waals surface area contributed by atoms with Gasteiger partial charge in [0.05, 0.1) is 11.7 Å². The second-order valence-electron chi connectivity index (χ2n) is 3.66. The zero-order chi connectivity index (χ0) is 10.7. The molecule has 0 saturated heterocycles. The molecular formula is C11H14ClNO2. The van der Waals surface area contributed by atoms with Gasteiger partial charge in [-0.3, -0.25) is 0 Å². The predicted octanol–water partition coefficient (Wildman–Crippen LogP) is 2.29. The van der Waals surface area contributed by atoms with Crippen LogP contribution in [-0.2, 0) is 0 Å². The maximum Gasteiger partial charge on any atom is 0.142 e. The number of benzene rings is 1. The van der Waals surface area contributed by atoms with Crippen LogP contribution in [0.1, 0.15) is 12.8 Å². The number of hydrogen-bond donors (Lipinski definition) is 2. The summed E-state index contributed by atoms with van der Waals surface area (Å²) < 4.78 is 5.59. The van der Waals surface area contributed by atoms with Crippen LogP contribution in [-0.4, -0.2) is 24.4 Å². The lowest BCUT2D eigenvalue weighted by molar-refractivity contribution is 0.249. The summed E-state index contributed by atoms with van der Waals surface area (Å²) in [6.45, 7) is 0.870. The van der Waals surface area contributed by atoms with E-state index in [2.05, 4.69) is 5.32 Å². The molecule has 3 nitrogen and oxygen atoms in total.